The summed E-state index contributed by atoms with van der Waals surface area (Å²) >= 11 is 0. The van der Waals surface area contributed by atoms with Gasteiger partial charge in [0, 0.05) is 0 Å². The van der Waals surface area contributed by atoms with Gasteiger partial charge in [0.05, 0.1) is 20.7 Å². The summed E-state index contributed by atoms with van der Waals surface area (Å²) in [6.07, 6.45) is 2.75. The zero-order valence-electron chi connectivity index (χ0n) is 11.8. The minimum Gasteiger partial charge on any atom is -0.393 e. The molecule has 0 bridgehead atoms. The topological polar surface area (TPSA) is 60.7 Å². The van der Waals surface area contributed by atoms with Gasteiger partial charge in [0.25, 0.3) is 0 Å². The Kier molecular flexibility index (Phi) is 7.96. The standard InChI is InChI=1S/C13H30NO3/c1-5-7-8-13(17)12(6-2)14(3,4)9-11(16)10-15/h11-13,15-17H,5-10H2,1-4H3/q+1/t11?,12-,13?/m0/s1. The predicted octanol–water partition coefficient (Wildman–Crippen LogP) is 0.746. The molecule has 0 aliphatic heterocycles. The molecule has 0 saturated heterocycles. The Hall–Kier alpha value is -0.160. The first kappa shape index (κ1) is 16.8. The smallest absolute Gasteiger partial charge is 0.126 e. The second-order valence-corrected chi connectivity index (χ2v) is 5.48. The van der Waals surface area contributed by atoms with E-state index in [1.807, 2.05) is 14.1 Å². The Bertz CT molecular complexity index is 197. The van der Waals surface area contributed by atoms with Crippen molar-refractivity contribution >= 4 is 0 Å². The van der Waals surface area contributed by atoms with Crippen LogP contribution in [-0.4, -0.2) is 65.3 Å². The van der Waals surface area contributed by atoms with E-state index in [1.165, 1.54) is 0 Å². The first-order valence-corrected chi connectivity index (χ1v) is 6.68. The molecule has 0 rings (SSSR count). The summed E-state index contributed by atoms with van der Waals surface area (Å²) in [6, 6.07) is 0.114. The summed E-state index contributed by atoms with van der Waals surface area (Å²) in [4.78, 5) is 0. The lowest BCUT2D eigenvalue weighted by Gasteiger charge is -2.41. The van der Waals surface area contributed by atoms with Crippen LogP contribution in [-0.2, 0) is 0 Å². The van der Waals surface area contributed by atoms with Crippen LogP contribution < -0.4 is 0 Å². The van der Waals surface area contributed by atoms with Crippen LogP contribution in [0.3, 0.4) is 0 Å². The number of hydrogen-bond acceptors (Lipinski definition) is 3. The number of rotatable bonds is 9. The Morgan fingerprint density at radius 1 is 1.12 bits per heavy atom. The van der Waals surface area contributed by atoms with Crippen LogP contribution in [0.1, 0.15) is 39.5 Å². The van der Waals surface area contributed by atoms with Crippen LogP contribution in [0.4, 0.5) is 0 Å². The minimum absolute atomic E-state index is 0.114. The van der Waals surface area contributed by atoms with E-state index in [4.69, 9.17) is 5.11 Å². The average molecular weight is 248 g/mol. The van der Waals surface area contributed by atoms with Gasteiger partial charge >= 0.3 is 0 Å². The quantitative estimate of drug-likeness (QED) is 0.528. The lowest BCUT2D eigenvalue weighted by Crippen LogP contribution is -2.57. The Balaban J connectivity index is 4.49. The van der Waals surface area contributed by atoms with E-state index < -0.39 is 6.10 Å². The van der Waals surface area contributed by atoms with Gasteiger partial charge in [-0.3, -0.25) is 0 Å². The molecule has 0 spiro atoms. The van der Waals surface area contributed by atoms with Crippen molar-refractivity contribution in [1.82, 2.24) is 0 Å². The van der Waals surface area contributed by atoms with Gasteiger partial charge in [-0.2, -0.15) is 0 Å². The van der Waals surface area contributed by atoms with Gasteiger partial charge in [-0.25, -0.2) is 0 Å². The molecular formula is C13H30NO3+. The van der Waals surface area contributed by atoms with Crippen molar-refractivity contribution in [2.75, 3.05) is 27.2 Å². The summed E-state index contributed by atoms with van der Waals surface area (Å²) < 4.78 is 0.545. The van der Waals surface area contributed by atoms with Gasteiger partial charge in [0.1, 0.15) is 24.8 Å². The highest BCUT2D eigenvalue weighted by Gasteiger charge is 2.34. The van der Waals surface area contributed by atoms with E-state index in [2.05, 4.69) is 13.8 Å². The molecule has 104 valence electrons. The number of aliphatic hydroxyl groups is 3. The highest BCUT2D eigenvalue weighted by Crippen LogP contribution is 2.19. The van der Waals surface area contributed by atoms with Crippen LogP contribution >= 0.6 is 0 Å². The number of aliphatic hydroxyl groups excluding tert-OH is 3. The maximum Gasteiger partial charge on any atom is 0.126 e. The Labute approximate surface area is 105 Å². The highest BCUT2D eigenvalue weighted by molar-refractivity contribution is 4.69. The third kappa shape index (κ3) is 5.82. The SMILES string of the molecule is CCCCC(O)[C@H](CC)[N+](C)(C)CC(O)CO. The average Bonchev–Trinajstić information content (AvgIpc) is 2.25. The van der Waals surface area contributed by atoms with Crippen molar-refractivity contribution in [3.05, 3.63) is 0 Å². The fourth-order valence-corrected chi connectivity index (χ4v) is 2.57. The third-order valence-corrected chi connectivity index (χ3v) is 3.51. The first-order valence-electron chi connectivity index (χ1n) is 6.68. The van der Waals surface area contributed by atoms with E-state index in [0.29, 0.717) is 11.0 Å². The first-order chi connectivity index (χ1) is 7.88. The number of likely N-dealkylation sites (N-methyl/N-ethyl adjacent to an activating group) is 1. The number of quaternary nitrogens is 1. The van der Waals surface area contributed by atoms with Gasteiger partial charge < -0.3 is 19.8 Å². The molecule has 0 fully saturated rings. The lowest BCUT2D eigenvalue weighted by molar-refractivity contribution is -0.921. The molecule has 0 aromatic heterocycles. The largest absolute Gasteiger partial charge is 0.393 e. The molecule has 0 heterocycles. The van der Waals surface area contributed by atoms with Crippen molar-refractivity contribution in [2.24, 2.45) is 0 Å². The van der Waals surface area contributed by atoms with Gasteiger partial charge in [-0.15, -0.1) is 0 Å². The fourth-order valence-electron chi connectivity index (χ4n) is 2.57. The van der Waals surface area contributed by atoms with E-state index in [-0.39, 0.29) is 18.8 Å². The van der Waals surface area contributed by atoms with Crippen molar-refractivity contribution < 1.29 is 19.8 Å². The van der Waals surface area contributed by atoms with E-state index in [0.717, 1.165) is 25.7 Å². The molecule has 0 aliphatic carbocycles. The normalized spacial score (nSPS) is 17.8. The number of unbranched alkanes of at least 4 members (excludes halogenated alkanes) is 1. The predicted molar refractivity (Wildman–Crippen MR) is 69.7 cm³/mol. The third-order valence-electron chi connectivity index (χ3n) is 3.51. The van der Waals surface area contributed by atoms with E-state index in [9.17, 15) is 10.2 Å². The van der Waals surface area contributed by atoms with Crippen LogP contribution in [0.15, 0.2) is 0 Å². The molecule has 0 aromatic rings. The van der Waals surface area contributed by atoms with Gasteiger partial charge in [-0.1, -0.05) is 26.7 Å². The molecular weight excluding hydrogens is 218 g/mol. The molecule has 0 aromatic carbocycles. The second kappa shape index (κ2) is 8.03. The molecule has 17 heavy (non-hydrogen) atoms. The summed E-state index contributed by atoms with van der Waals surface area (Å²) in [7, 11) is 4.00. The summed E-state index contributed by atoms with van der Waals surface area (Å²) in [5, 5.41) is 28.7. The molecule has 0 amide bonds. The Morgan fingerprint density at radius 3 is 2.12 bits per heavy atom. The molecule has 0 radical (unpaired) electrons. The van der Waals surface area contributed by atoms with Crippen LogP contribution in [0.2, 0.25) is 0 Å². The van der Waals surface area contributed by atoms with Crippen LogP contribution in [0, 0.1) is 0 Å². The van der Waals surface area contributed by atoms with Crippen molar-refractivity contribution in [2.45, 2.75) is 57.8 Å². The maximum absolute atomic E-state index is 10.2. The second-order valence-electron chi connectivity index (χ2n) is 5.48. The number of hydrogen-bond donors (Lipinski definition) is 3. The summed E-state index contributed by atoms with van der Waals surface area (Å²) in [5.41, 5.74) is 0. The summed E-state index contributed by atoms with van der Waals surface area (Å²) in [6.45, 7) is 4.43. The number of nitrogens with zero attached hydrogens (tertiary/aromatic N) is 1. The zero-order chi connectivity index (χ0) is 13.5. The van der Waals surface area contributed by atoms with Crippen LogP contribution in [0.5, 0.6) is 0 Å². The Morgan fingerprint density at radius 2 is 1.71 bits per heavy atom. The van der Waals surface area contributed by atoms with Gasteiger partial charge in [0.2, 0.25) is 0 Å². The summed E-state index contributed by atoms with van der Waals surface area (Å²) in [5.74, 6) is 0. The van der Waals surface area contributed by atoms with Crippen molar-refractivity contribution in [3.8, 4) is 0 Å². The van der Waals surface area contributed by atoms with Gasteiger partial charge in [0.15, 0.2) is 0 Å². The molecule has 0 aliphatic rings. The fraction of sp³-hybridized carbons (Fsp3) is 1.00. The zero-order valence-corrected chi connectivity index (χ0v) is 11.8. The monoisotopic (exact) mass is 248 g/mol. The van der Waals surface area contributed by atoms with Crippen LogP contribution in [0.25, 0.3) is 0 Å². The van der Waals surface area contributed by atoms with E-state index >= 15 is 0 Å². The molecule has 4 nitrogen and oxygen atoms in total. The molecule has 0 saturated carbocycles. The van der Waals surface area contributed by atoms with Crippen molar-refractivity contribution in [3.63, 3.8) is 0 Å². The molecule has 3 atom stereocenters. The van der Waals surface area contributed by atoms with Crippen molar-refractivity contribution in [1.29, 1.82) is 0 Å². The van der Waals surface area contributed by atoms with Gasteiger partial charge in [-0.05, 0) is 12.8 Å². The molecule has 3 N–H and O–H groups in total. The maximum atomic E-state index is 10.2. The molecule has 4 heteroatoms. The highest BCUT2D eigenvalue weighted by atomic mass is 16.3. The van der Waals surface area contributed by atoms with E-state index in [1.54, 1.807) is 0 Å². The lowest BCUT2D eigenvalue weighted by atomic mass is 9.99. The molecule has 2 unspecified atom stereocenters. The minimum atomic E-state index is -0.711.